The van der Waals surface area contributed by atoms with E-state index in [-0.39, 0.29) is 11.8 Å². The monoisotopic (exact) mass is 792 g/mol. The van der Waals surface area contributed by atoms with Crippen molar-refractivity contribution in [3.8, 4) is 33.8 Å². The number of hydrogen-bond acceptors (Lipinski definition) is 8. The van der Waals surface area contributed by atoms with Crippen LogP contribution in [0.2, 0.25) is 10.0 Å². The van der Waals surface area contributed by atoms with E-state index in [4.69, 9.17) is 32.7 Å². The molecular formula is C42H42Cl2N8O4. The number of rotatable bonds is 4. The highest BCUT2D eigenvalue weighted by Gasteiger charge is 2.36. The second-order valence-corrected chi connectivity index (χ2v) is 15.6. The number of halogens is 2. The van der Waals surface area contributed by atoms with Crippen LogP contribution in [0, 0.1) is 13.8 Å². The van der Waals surface area contributed by atoms with Gasteiger partial charge >= 0.3 is 0 Å². The molecule has 12 nitrogen and oxygen atoms in total. The highest BCUT2D eigenvalue weighted by atomic mass is 35.5. The molecular weight excluding hydrogens is 751 g/mol. The van der Waals surface area contributed by atoms with E-state index in [2.05, 4.69) is 30.6 Å². The second kappa shape index (κ2) is 15.1. The van der Waals surface area contributed by atoms with E-state index in [1.54, 1.807) is 12.4 Å². The zero-order chi connectivity index (χ0) is 38.5. The number of aryl methyl sites for hydroxylation is 2. The second-order valence-electron chi connectivity index (χ2n) is 14.8. The van der Waals surface area contributed by atoms with Gasteiger partial charge in [0.15, 0.2) is 12.2 Å². The molecule has 2 saturated heterocycles. The van der Waals surface area contributed by atoms with Gasteiger partial charge in [-0.25, -0.2) is 9.97 Å². The maximum atomic E-state index is 13.0. The summed E-state index contributed by atoms with van der Waals surface area (Å²) in [6.07, 6.45) is 7.56. The Labute approximate surface area is 333 Å². The number of pyridine rings is 2. The molecule has 2 atom stereocenters. The number of aromatic amines is 2. The molecule has 288 valence electrons. The van der Waals surface area contributed by atoms with Gasteiger partial charge in [0.05, 0.1) is 0 Å². The summed E-state index contributed by atoms with van der Waals surface area (Å²) in [6, 6.07) is 11.6. The molecule has 6 aromatic rings. The number of H-pyrrole nitrogens is 2. The van der Waals surface area contributed by atoms with E-state index >= 15 is 0 Å². The van der Waals surface area contributed by atoms with Crippen LogP contribution >= 0.6 is 23.2 Å². The Kier molecular flexibility index (Phi) is 9.82. The van der Waals surface area contributed by atoms with Crippen molar-refractivity contribution >= 4 is 57.1 Å². The Balaban J connectivity index is 0.000000146. The number of ether oxygens (including phenoxy) is 2. The highest BCUT2D eigenvalue weighted by molar-refractivity contribution is 6.31. The fourth-order valence-corrected chi connectivity index (χ4v) is 8.87. The van der Waals surface area contributed by atoms with Gasteiger partial charge in [-0.05, 0) is 72.5 Å². The first-order valence-electron chi connectivity index (χ1n) is 19.1. The molecule has 2 fully saturated rings. The zero-order valence-corrected chi connectivity index (χ0v) is 32.7. The molecule has 8 heterocycles. The van der Waals surface area contributed by atoms with E-state index in [9.17, 15) is 9.59 Å². The summed E-state index contributed by atoms with van der Waals surface area (Å²) in [6.45, 7) is 10.3. The molecule has 10 rings (SSSR count). The normalized spacial score (nSPS) is 18.9. The average Bonchev–Trinajstić information content (AvgIpc) is 4.03. The molecule has 56 heavy (non-hydrogen) atoms. The molecule has 0 unspecified atom stereocenters. The minimum Gasteiger partial charge on any atom is -0.479 e. The molecule has 14 heteroatoms. The van der Waals surface area contributed by atoms with Crippen molar-refractivity contribution in [2.45, 2.75) is 38.9 Å². The number of benzene rings is 2. The molecule has 0 bridgehead atoms. The van der Waals surface area contributed by atoms with Gasteiger partial charge in [0.2, 0.25) is 0 Å². The fourth-order valence-electron chi connectivity index (χ4n) is 8.39. The Hall–Kier alpha value is -5.14. The van der Waals surface area contributed by atoms with Gasteiger partial charge in [-0.3, -0.25) is 9.59 Å². The van der Waals surface area contributed by atoms with E-state index in [0.29, 0.717) is 22.9 Å². The highest BCUT2D eigenvalue weighted by Crippen LogP contribution is 2.45. The molecule has 0 spiro atoms. The quantitative estimate of drug-likeness (QED) is 0.174. The summed E-state index contributed by atoms with van der Waals surface area (Å²) in [5.41, 5.74) is 9.68. The SMILES string of the molecule is Cc1c[nH]c2nccc(-c3cc(Cl)cc4c3O[C@@H](C(=O)N3CCNCC3)C4)c12.Cc1c[nH]c2nccc(-c3cc(Cl)cc4c3O[C@H](C(=O)N3CCNCC3)C4)c12. The Morgan fingerprint density at radius 1 is 0.643 bits per heavy atom. The molecule has 0 saturated carbocycles. The van der Waals surface area contributed by atoms with Gasteiger partial charge in [0, 0.05) is 133 Å². The number of piperazine rings is 2. The lowest BCUT2D eigenvalue weighted by atomic mass is 9.98. The number of aromatic nitrogens is 4. The minimum atomic E-state index is -0.491. The van der Waals surface area contributed by atoms with Crippen LogP contribution in [-0.2, 0) is 22.4 Å². The molecule has 2 amide bonds. The number of fused-ring (bicyclic) bond motifs is 4. The van der Waals surface area contributed by atoms with E-state index in [0.717, 1.165) is 130 Å². The van der Waals surface area contributed by atoms with Gasteiger partial charge in [-0.15, -0.1) is 0 Å². The Morgan fingerprint density at radius 2 is 1.05 bits per heavy atom. The van der Waals surface area contributed by atoms with Crippen LogP contribution in [0.3, 0.4) is 0 Å². The Bertz CT molecular complexity index is 2310. The molecule has 0 aliphatic carbocycles. The van der Waals surface area contributed by atoms with Crippen LogP contribution in [0.15, 0.2) is 61.2 Å². The molecule has 4 N–H and O–H groups in total. The zero-order valence-electron chi connectivity index (χ0n) is 31.2. The fraction of sp³-hybridized carbons (Fsp3) is 0.333. The molecule has 4 aliphatic rings. The van der Waals surface area contributed by atoms with Crippen molar-refractivity contribution < 1.29 is 19.1 Å². The lowest BCUT2D eigenvalue weighted by Crippen LogP contribution is -2.50. The van der Waals surface area contributed by atoms with Crippen LogP contribution in [0.25, 0.3) is 44.3 Å². The van der Waals surface area contributed by atoms with Crippen LogP contribution < -0.4 is 20.1 Å². The van der Waals surface area contributed by atoms with E-state index in [1.165, 1.54) is 0 Å². The molecule has 0 radical (unpaired) electrons. The van der Waals surface area contributed by atoms with Crippen LogP contribution in [-0.4, -0.2) is 106 Å². The molecule has 4 aliphatic heterocycles. The first-order valence-corrected chi connectivity index (χ1v) is 19.8. The lowest BCUT2D eigenvalue weighted by Gasteiger charge is -2.29. The summed E-state index contributed by atoms with van der Waals surface area (Å²) in [7, 11) is 0. The predicted octanol–water partition coefficient (Wildman–Crippen LogP) is 5.85. The van der Waals surface area contributed by atoms with E-state index < -0.39 is 12.2 Å². The smallest absolute Gasteiger partial charge is 0.264 e. The number of nitrogens with one attached hydrogen (secondary N) is 4. The maximum Gasteiger partial charge on any atom is 0.264 e. The summed E-state index contributed by atoms with van der Waals surface area (Å²) in [5, 5.41) is 9.93. The summed E-state index contributed by atoms with van der Waals surface area (Å²) in [4.78, 5) is 44.9. The van der Waals surface area contributed by atoms with Crippen LogP contribution in [0.5, 0.6) is 11.5 Å². The number of carbonyl (C=O) groups excluding carboxylic acids is 2. The average molecular weight is 794 g/mol. The van der Waals surface area contributed by atoms with Crippen LogP contribution in [0.4, 0.5) is 0 Å². The van der Waals surface area contributed by atoms with Crippen molar-refractivity contribution in [1.82, 2.24) is 40.4 Å². The van der Waals surface area contributed by atoms with Gasteiger partial charge in [-0.1, -0.05) is 23.2 Å². The maximum absolute atomic E-state index is 13.0. The first kappa shape index (κ1) is 36.5. The van der Waals surface area contributed by atoms with Gasteiger partial charge in [0.1, 0.15) is 22.8 Å². The van der Waals surface area contributed by atoms with Crippen LogP contribution in [0.1, 0.15) is 22.3 Å². The molecule has 2 aromatic carbocycles. The van der Waals surface area contributed by atoms with Crippen molar-refractivity contribution in [1.29, 1.82) is 0 Å². The predicted molar refractivity (Wildman–Crippen MR) is 218 cm³/mol. The molecule has 4 aromatic heterocycles. The third-order valence-corrected chi connectivity index (χ3v) is 11.6. The lowest BCUT2D eigenvalue weighted by molar-refractivity contribution is -0.139. The van der Waals surface area contributed by atoms with Gasteiger partial charge in [-0.2, -0.15) is 0 Å². The topological polar surface area (TPSA) is 140 Å². The van der Waals surface area contributed by atoms with Crippen molar-refractivity contribution in [3.05, 3.63) is 93.5 Å². The number of amides is 2. The number of hydrogen-bond donors (Lipinski definition) is 4. The van der Waals surface area contributed by atoms with E-state index in [1.807, 2.05) is 72.4 Å². The number of carbonyl (C=O) groups is 2. The van der Waals surface area contributed by atoms with Crippen molar-refractivity contribution in [3.63, 3.8) is 0 Å². The van der Waals surface area contributed by atoms with Crippen molar-refractivity contribution in [2.75, 3.05) is 52.4 Å². The first-order chi connectivity index (χ1) is 27.2. The third kappa shape index (κ3) is 6.74. The minimum absolute atomic E-state index is 0.0532. The largest absolute Gasteiger partial charge is 0.479 e. The summed E-state index contributed by atoms with van der Waals surface area (Å²) < 4.78 is 12.5. The van der Waals surface area contributed by atoms with Crippen molar-refractivity contribution in [2.24, 2.45) is 0 Å². The third-order valence-electron chi connectivity index (χ3n) is 11.1. The number of nitrogens with zero attached hydrogens (tertiary/aromatic N) is 4. The standard InChI is InChI=1S/2C21H21ClN4O2/c2*1-12-11-25-20-18(12)15(2-3-24-20)16-10-14(22)8-13-9-17(28-19(13)16)21(27)26-6-4-23-5-7-26/h2*2-3,8,10-11,17,23H,4-7,9H2,1H3,(H,24,25)/t2*17-/m10/s1. The Morgan fingerprint density at radius 3 is 1.46 bits per heavy atom. The summed E-state index contributed by atoms with van der Waals surface area (Å²) in [5.74, 6) is 1.62. The summed E-state index contributed by atoms with van der Waals surface area (Å²) >= 11 is 12.9. The van der Waals surface area contributed by atoms with Gasteiger partial charge in [0.25, 0.3) is 11.8 Å². The van der Waals surface area contributed by atoms with Gasteiger partial charge < -0.3 is 39.9 Å².